The Morgan fingerprint density at radius 1 is 1.29 bits per heavy atom. The van der Waals surface area contributed by atoms with Crippen LogP contribution in [0, 0.1) is 0 Å². The molecular weight excluding hydrogens is 390 g/mol. The average molecular weight is 407 g/mol. The highest BCUT2D eigenvalue weighted by molar-refractivity contribution is 9.10. The van der Waals surface area contributed by atoms with Crippen molar-refractivity contribution in [1.82, 2.24) is 4.90 Å². The molecule has 0 spiro atoms. The highest BCUT2D eigenvalue weighted by Crippen LogP contribution is 2.48. The van der Waals surface area contributed by atoms with Crippen LogP contribution in [0.3, 0.4) is 0 Å². The first-order chi connectivity index (χ1) is 11.5. The average Bonchev–Trinajstić information content (AvgIpc) is 2.83. The molecule has 4 rings (SSSR count). The molecule has 1 amide bonds. The molecule has 2 heterocycles. The summed E-state index contributed by atoms with van der Waals surface area (Å²) in [5, 5.41) is 0.642. The van der Waals surface area contributed by atoms with Crippen LogP contribution >= 0.6 is 27.5 Å². The van der Waals surface area contributed by atoms with E-state index in [0.717, 1.165) is 21.2 Å². The van der Waals surface area contributed by atoms with E-state index in [1.54, 1.807) is 0 Å². The van der Waals surface area contributed by atoms with Gasteiger partial charge in [-0.3, -0.25) is 4.79 Å². The standard InChI is InChI=1S/C19H17BrClNO2/c1-19-11-22(9-12-5-3-2-4-6-12)18(23)16(19)13-7-8-15(20)17(21)14(13)10-24-19/h2-8,16H,9-11H2,1H3/t16-,19-/m0/s1. The van der Waals surface area contributed by atoms with Crippen molar-refractivity contribution < 1.29 is 9.53 Å². The summed E-state index contributed by atoms with van der Waals surface area (Å²) in [6.45, 7) is 3.67. The van der Waals surface area contributed by atoms with E-state index in [1.165, 1.54) is 0 Å². The lowest BCUT2D eigenvalue weighted by Crippen LogP contribution is -2.40. The Morgan fingerprint density at radius 3 is 2.79 bits per heavy atom. The van der Waals surface area contributed by atoms with Gasteiger partial charge in [-0.1, -0.05) is 48.0 Å². The van der Waals surface area contributed by atoms with Gasteiger partial charge < -0.3 is 9.64 Å². The Labute approximate surface area is 154 Å². The molecular formula is C19H17BrClNO2. The maximum atomic E-state index is 13.1. The molecule has 0 aromatic heterocycles. The van der Waals surface area contributed by atoms with Gasteiger partial charge in [0.25, 0.3) is 0 Å². The van der Waals surface area contributed by atoms with Gasteiger partial charge in [0.05, 0.1) is 29.7 Å². The largest absolute Gasteiger partial charge is 0.368 e. The van der Waals surface area contributed by atoms with Crippen molar-refractivity contribution in [2.24, 2.45) is 0 Å². The molecule has 0 saturated carbocycles. The van der Waals surface area contributed by atoms with E-state index in [9.17, 15) is 4.79 Å². The number of hydrogen-bond donors (Lipinski definition) is 0. The summed E-state index contributed by atoms with van der Waals surface area (Å²) in [5.41, 5.74) is 2.54. The lowest BCUT2D eigenvalue weighted by Gasteiger charge is -2.36. The third-order valence-corrected chi connectivity index (χ3v) is 6.30. The molecule has 0 unspecified atom stereocenters. The minimum atomic E-state index is -0.504. The zero-order valence-electron chi connectivity index (χ0n) is 13.3. The first kappa shape index (κ1) is 16.1. The van der Waals surface area contributed by atoms with Gasteiger partial charge in [0.2, 0.25) is 5.91 Å². The van der Waals surface area contributed by atoms with Crippen LogP contribution in [0.2, 0.25) is 5.02 Å². The summed E-state index contributed by atoms with van der Waals surface area (Å²) >= 11 is 9.86. The zero-order valence-corrected chi connectivity index (χ0v) is 15.6. The molecule has 2 aliphatic heterocycles. The van der Waals surface area contributed by atoms with E-state index in [2.05, 4.69) is 15.9 Å². The number of ether oxygens (including phenoxy) is 1. The predicted molar refractivity (Wildman–Crippen MR) is 96.9 cm³/mol. The Bertz CT molecular complexity index is 811. The fourth-order valence-corrected chi connectivity index (χ4v) is 4.38. The van der Waals surface area contributed by atoms with Crippen LogP contribution < -0.4 is 0 Å². The molecule has 3 nitrogen and oxygen atoms in total. The van der Waals surface area contributed by atoms with Gasteiger partial charge >= 0.3 is 0 Å². The lowest BCUT2D eigenvalue weighted by atomic mass is 9.81. The molecule has 24 heavy (non-hydrogen) atoms. The van der Waals surface area contributed by atoms with E-state index in [1.807, 2.05) is 54.3 Å². The highest BCUT2D eigenvalue weighted by Gasteiger charge is 2.53. The summed E-state index contributed by atoms with van der Waals surface area (Å²) in [7, 11) is 0. The number of fused-ring (bicyclic) bond motifs is 3. The minimum Gasteiger partial charge on any atom is -0.368 e. The summed E-state index contributed by atoms with van der Waals surface area (Å²) in [4.78, 5) is 15.0. The number of benzene rings is 2. The minimum absolute atomic E-state index is 0.112. The number of carbonyl (C=O) groups excluding carboxylic acids is 1. The van der Waals surface area contributed by atoms with Crippen molar-refractivity contribution in [2.45, 2.75) is 31.6 Å². The second-order valence-corrected chi connectivity index (χ2v) is 7.88. The van der Waals surface area contributed by atoms with E-state index in [4.69, 9.17) is 16.3 Å². The summed E-state index contributed by atoms with van der Waals surface area (Å²) in [5.74, 6) is -0.184. The van der Waals surface area contributed by atoms with E-state index < -0.39 is 5.60 Å². The molecule has 2 aliphatic rings. The second kappa shape index (κ2) is 5.87. The summed E-state index contributed by atoms with van der Waals surface area (Å²) in [6, 6.07) is 14.0. The quantitative estimate of drug-likeness (QED) is 0.734. The maximum absolute atomic E-state index is 13.1. The monoisotopic (exact) mass is 405 g/mol. The fraction of sp³-hybridized carbons (Fsp3) is 0.316. The van der Waals surface area contributed by atoms with Crippen molar-refractivity contribution >= 4 is 33.4 Å². The van der Waals surface area contributed by atoms with Crippen molar-refractivity contribution in [3.8, 4) is 0 Å². The van der Waals surface area contributed by atoms with Gasteiger partial charge in [-0.05, 0) is 40.0 Å². The number of nitrogens with zero attached hydrogens (tertiary/aromatic N) is 1. The van der Waals surface area contributed by atoms with Gasteiger partial charge in [-0.15, -0.1) is 0 Å². The van der Waals surface area contributed by atoms with Crippen LogP contribution in [-0.4, -0.2) is 23.0 Å². The van der Waals surface area contributed by atoms with Crippen LogP contribution in [0.15, 0.2) is 46.9 Å². The third kappa shape index (κ3) is 2.48. The van der Waals surface area contributed by atoms with Crippen molar-refractivity contribution in [3.05, 3.63) is 68.7 Å². The number of halogens is 2. The molecule has 0 bridgehead atoms. The zero-order chi connectivity index (χ0) is 16.9. The van der Waals surface area contributed by atoms with Crippen LogP contribution in [0.1, 0.15) is 29.5 Å². The van der Waals surface area contributed by atoms with Crippen molar-refractivity contribution in [1.29, 1.82) is 0 Å². The molecule has 1 fully saturated rings. The lowest BCUT2D eigenvalue weighted by molar-refractivity contribution is -0.131. The van der Waals surface area contributed by atoms with Gasteiger partial charge in [-0.2, -0.15) is 0 Å². The molecule has 2 aromatic rings. The van der Waals surface area contributed by atoms with Gasteiger partial charge in [0, 0.05) is 16.6 Å². The molecule has 0 N–H and O–H groups in total. The third-order valence-electron chi connectivity index (χ3n) is 4.98. The Morgan fingerprint density at radius 2 is 2.04 bits per heavy atom. The normalized spacial score (nSPS) is 25.5. The summed E-state index contributed by atoms with van der Waals surface area (Å²) < 4.78 is 6.96. The molecule has 0 aliphatic carbocycles. The van der Waals surface area contributed by atoms with Gasteiger partial charge in [0.15, 0.2) is 0 Å². The number of likely N-dealkylation sites (tertiary alicyclic amines) is 1. The van der Waals surface area contributed by atoms with Crippen LogP contribution in [0.5, 0.6) is 0 Å². The summed E-state index contributed by atoms with van der Waals surface area (Å²) in [6.07, 6.45) is 0. The number of rotatable bonds is 2. The predicted octanol–water partition coefficient (Wildman–Crippen LogP) is 4.52. The van der Waals surface area contributed by atoms with E-state index in [0.29, 0.717) is 24.7 Å². The Balaban J connectivity index is 1.70. The first-order valence-electron chi connectivity index (χ1n) is 7.93. The Kier molecular flexibility index (Phi) is 3.94. The highest BCUT2D eigenvalue weighted by atomic mass is 79.9. The van der Waals surface area contributed by atoms with Crippen LogP contribution in [0.4, 0.5) is 0 Å². The SMILES string of the molecule is C[C@]12CN(Cc3ccccc3)C(=O)[C@@H]1c1ccc(Br)c(Cl)c1CO2. The number of amides is 1. The molecule has 1 saturated heterocycles. The first-order valence-corrected chi connectivity index (χ1v) is 9.10. The topological polar surface area (TPSA) is 29.5 Å². The van der Waals surface area contributed by atoms with E-state index in [-0.39, 0.29) is 11.8 Å². The smallest absolute Gasteiger partial charge is 0.233 e. The number of hydrogen-bond acceptors (Lipinski definition) is 2. The van der Waals surface area contributed by atoms with Crippen LogP contribution in [-0.2, 0) is 22.7 Å². The fourth-order valence-electron chi connectivity index (χ4n) is 3.78. The second-order valence-electron chi connectivity index (χ2n) is 6.64. The Hall–Kier alpha value is -1.36. The molecule has 0 radical (unpaired) electrons. The molecule has 2 atom stereocenters. The van der Waals surface area contributed by atoms with E-state index >= 15 is 0 Å². The van der Waals surface area contributed by atoms with Crippen molar-refractivity contribution in [3.63, 3.8) is 0 Å². The van der Waals surface area contributed by atoms with Gasteiger partial charge in [-0.25, -0.2) is 0 Å². The molecule has 124 valence electrons. The maximum Gasteiger partial charge on any atom is 0.233 e. The number of carbonyl (C=O) groups is 1. The van der Waals surface area contributed by atoms with Crippen molar-refractivity contribution in [2.75, 3.05) is 6.54 Å². The van der Waals surface area contributed by atoms with Gasteiger partial charge in [0.1, 0.15) is 0 Å². The molecule has 2 aromatic carbocycles. The van der Waals surface area contributed by atoms with Crippen LogP contribution in [0.25, 0.3) is 0 Å². The molecule has 5 heteroatoms.